The van der Waals surface area contributed by atoms with Gasteiger partial charge in [-0.25, -0.2) is 0 Å². The first kappa shape index (κ1) is 18.6. The van der Waals surface area contributed by atoms with Crippen LogP contribution in [0.25, 0.3) is 10.4 Å². The van der Waals surface area contributed by atoms with Gasteiger partial charge in [-0.1, -0.05) is 36.4 Å². The summed E-state index contributed by atoms with van der Waals surface area (Å²) < 4.78 is 6.31. The molecule has 3 rings (SSSR count). The van der Waals surface area contributed by atoms with Gasteiger partial charge in [0.2, 0.25) is 0 Å². The standard InChI is InChI=1S/C22H25NO2S/c1-23-13-11-21(25-20-9-7-17(8-10-20)12-14-24)18-4-2-5-19(16-18)22-6-3-15-26-22/h2-10,15-16,21,23-24H,11-14H2,1H3. The van der Waals surface area contributed by atoms with Crippen LogP contribution < -0.4 is 10.1 Å². The maximum atomic E-state index is 9.05. The lowest BCUT2D eigenvalue weighted by Gasteiger charge is -2.20. The van der Waals surface area contributed by atoms with Gasteiger partial charge in [0.25, 0.3) is 0 Å². The topological polar surface area (TPSA) is 41.5 Å². The molecule has 2 aromatic carbocycles. The molecule has 1 aromatic heterocycles. The monoisotopic (exact) mass is 367 g/mol. The molecule has 0 radical (unpaired) electrons. The lowest BCUT2D eigenvalue weighted by molar-refractivity contribution is 0.195. The minimum atomic E-state index is -0.00828. The van der Waals surface area contributed by atoms with E-state index in [1.165, 1.54) is 16.0 Å². The number of hydrogen-bond donors (Lipinski definition) is 2. The molecular weight excluding hydrogens is 342 g/mol. The van der Waals surface area contributed by atoms with E-state index in [9.17, 15) is 0 Å². The Morgan fingerprint density at radius 2 is 1.92 bits per heavy atom. The van der Waals surface area contributed by atoms with Crippen LogP contribution in [0.3, 0.4) is 0 Å². The molecule has 0 saturated heterocycles. The fourth-order valence-corrected chi connectivity index (χ4v) is 3.66. The van der Waals surface area contributed by atoms with E-state index >= 15 is 0 Å². The van der Waals surface area contributed by atoms with E-state index < -0.39 is 0 Å². The molecule has 1 atom stereocenters. The summed E-state index contributed by atoms with van der Waals surface area (Å²) in [6.45, 7) is 1.05. The molecule has 0 spiro atoms. The highest BCUT2D eigenvalue weighted by Gasteiger charge is 2.14. The molecule has 1 heterocycles. The van der Waals surface area contributed by atoms with Gasteiger partial charge in [0.05, 0.1) is 0 Å². The van der Waals surface area contributed by atoms with Crippen LogP contribution in [-0.2, 0) is 6.42 Å². The van der Waals surface area contributed by atoms with E-state index in [0.717, 1.165) is 24.3 Å². The molecular formula is C22H25NO2S. The highest BCUT2D eigenvalue weighted by molar-refractivity contribution is 7.13. The van der Waals surface area contributed by atoms with Gasteiger partial charge in [0.15, 0.2) is 0 Å². The molecule has 3 nitrogen and oxygen atoms in total. The number of benzene rings is 2. The average molecular weight is 368 g/mol. The van der Waals surface area contributed by atoms with Crippen LogP contribution in [0.4, 0.5) is 0 Å². The highest BCUT2D eigenvalue weighted by Crippen LogP contribution is 2.30. The predicted octanol–water partition coefficient (Wildman–Crippen LogP) is 4.68. The number of aliphatic hydroxyl groups is 1. The van der Waals surface area contributed by atoms with Crippen LogP contribution in [0.2, 0.25) is 0 Å². The van der Waals surface area contributed by atoms with Gasteiger partial charge < -0.3 is 15.2 Å². The summed E-state index contributed by atoms with van der Waals surface area (Å²) in [7, 11) is 1.96. The van der Waals surface area contributed by atoms with Crippen molar-refractivity contribution in [1.29, 1.82) is 0 Å². The van der Waals surface area contributed by atoms with Gasteiger partial charge >= 0.3 is 0 Å². The number of rotatable bonds is 9. The fourth-order valence-electron chi connectivity index (χ4n) is 2.93. The largest absolute Gasteiger partial charge is 0.486 e. The SMILES string of the molecule is CNCCC(Oc1ccc(CCO)cc1)c1cccc(-c2cccs2)c1. The van der Waals surface area contributed by atoms with Crippen LogP contribution in [0.15, 0.2) is 66.0 Å². The van der Waals surface area contributed by atoms with Crippen molar-refractivity contribution in [3.63, 3.8) is 0 Å². The summed E-state index contributed by atoms with van der Waals surface area (Å²) in [4.78, 5) is 1.27. The van der Waals surface area contributed by atoms with E-state index in [-0.39, 0.29) is 12.7 Å². The third kappa shape index (κ3) is 4.94. The second kappa shape index (κ2) is 9.53. The Morgan fingerprint density at radius 1 is 1.08 bits per heavy atom. The lowest BCUT2D eigenvalue weighted by Crippen LogP contribution is -2.16. The Labute approximate surface area is 159 Å². The zero-order valence-electron chi connectivity index (χ0n) is 15.0. The van der Waals surface area contributed by atoms with Crippen LogP contribution in [-0.4, -0.2) is 25.3 Å². The molecule has 0 aliphatic heterocycles. The third-order valence-electron chi connectivity index (χ3n) is 4.32. The molecule has 0 bridgehead atoms. The normalized spacial score (nSPS) is 12.1. The van der Waals surface area contributed by atoms with Crippen molar-refractivity contribution in [2.24, 2.45) is 0 Å². The van der Waals surface area contributed by atoms with E-state index in [2.05, 4.69) is 47.1 Å². The maximum absolute atomic E-state index is 9.05. The molecule has 0 fully saturated rings. The quantitative estimate of drug-likeness (QED) is 0.577. The number of nitrogens with one attached hydrogen (secondary N) is 1. The number of hydrogen-bond acceptors (Lipinski definition) is 4. The molecule has 0 aliphatic carbocycles. The van der Waals surface area contributed by atoms with Crippen LogP contribution >= 0.6 is 11.3 Å². The summed E-state index contributed by atoms with van der Waals surface area (Å²) >= 11 is 1.75. The average Bonchev–Trinajstić information content (AvgIpc) is 3.22. The summed E-state index contributed by atoms with van der Waals surface area (Å²) in [5.74, 6) is 0.856. The smallest absolute Gasteiger partial charge is 0.125 e. The molecule has 136 valence electrons. The highest BCUT2D eigenvalue weighted by atomic mass is 32.1. The van der Waals surface area contributed by atoms with Crippen molar-refractivity contribution in [2.45, 2.75) is 18.9 Å². The second-order valence-corrected chi connectivity index (χ2v) is 7.17. The molecule has 2 N–H and O–H groups in total. The summed E-state index contributed by atoms with van der Waals surface area (Å²) in [6, 6.07) is 20.8. The van der Waals surface area contributed by atoms with Crippen molar-refractivity contribution in [3.05, 3.63) is 77.2 Å². The van der Waals surface area contributed by atoms with Gasteiger partial charge in [-0.3, -0.25) is 0 Å². The molecule has 1 unspecified atom stereocenters. The van der Waals surface area contributed by atoms with Crippen molar-refractivity contribution in [3.8, 4) is 16.2 Å². The first-order chi connectivity index (χ1) is 12.8. The molecule has 4 heteroatoms. The molecule has 0 amide bonds. The second-order valence-electron chi connectivity index (χ2n) is 6.22. The zero-order chi connectivity index (χ0) is 18.2. The fraction of sp³-hybridized carbons (Fsp3) is 0.273. The van der Waals surface area contributed by atoms with Crippen molar-refractivity contribution in [1.82, 2.24) is 5.32 Å². The minimum absolute atomic E-state index is 0.00828. The van der Waals surface area contributed by atoms with E-state index in [0.29, 0.717) is 6.42 Å². The Morgan fingerprint density at radius 3 is 2.62 bits per heavy atom. The van der Waals surface area contributed by atoms with Gasteiger partial charge in [-0.2, -0.15) is 0 Å². The maximum Gasteiger partial charge on any atom is 0.125 e. The van der Waals surface area contributed by atoms with E-state index in [1.807, 2.05) is 31.3 Å². The Hall–Kier alpha value is -2.14. The minimum Gasteiger partial charge on any atom is -0.486 e. The Kier molecular flexibility index (Phi) is 6.83. The van der Waals surface area contributed by atoms with E-state index in [4.69, 9.17) is 9.84 Å². The summed E-state index contributed by atoms with van der Waals surface area (Å²) in [5.41, 5.74) is 3.53. The van der Waals surface area contributed by atoms with Crippen molar-refractivity contribution < 1.29 is 9.84 Å². The molecule has 3 aromatic rings. The van der Waals surface area contributed by atoms with Crippen molar-refractivity contribution in [2.75, 3.05) is 20.2 Å². The lowest BCUT2D eigenvalue weighted by atomic mass is 10.0. The molecule has 0 aliphatic rings. The van der Waals surface area contributed by atoms with Crippen LogP contribution in [0, 0.1) is 0 Å². The molecule has 26 heavy (non-hydrogen) atoms. The zero-order valence-corrected chi connectivity index (χ0v) is 15.8. The third-order valence-corrected chi connectivity index (χ3v) is 5.24. The van der Waals surface area contributed by atoms with Crippen LogP contribution in [0.1, 0.15) is 23.7 Å². The molecule has 0 saturated carbocycles. The summed E-state index contributed by atoms with van der Waals surface area (Å²) in [5, 5.41) is 14.4. The van der Waals surface area contributed by atoms with Gasteiger partial charge in [0, 0.05) is 17.9 Å². The van der Waals surface area contributed by atoms with Crippen molar-refractivity contribution >= 4 is 11.3 Å². The first-order valence-corrected chi connectivity index (χ1v) is 9.83. The van der Waals surface area contributed by atoms with E-state index in [1.54, 1.807) is 11.3 Å². The Balaban J connectivity index is 1.80. The van der Waals surface area contributed by atoms with Gasteiger partial charge in [-0.15, -0.1) is 11.3 Å². The number of ether oxygens (including phenoxy) is 1. The number of aliphatic hydroxyl groups excluding tert-OH is 1. The first-order valence-electron chi connectivity index (χ1n) is 8.95. The van der Waals surface area contributed by atoms with Crippen LogP contribution in [0.5, 0.6) is 5.75 Å². The van der Waals surface area contributed by atoms with Gasteiger partial charge in [-0.05, 0) is 66.3 Å². The Bertz CT molecular complexity index is 784. The summed E-state index contributed by atoms with van der Waals surface area (Å²) in [6.07, 6.45) is 1.56. The number of thiophene rings is 1. The predicted molar refractivity (Wildman–Crippen MR) is 109 cm³/mol. The van der Waals surface area contributed by atoms with Gasteiger partial charge in [0.1, 0.15) is 11.9 Å².